The van der Waals surface area contributed by atoms with Crippen molar-refractivity contribution in [2.24, 2.45) is 4.99 Å². The van der Waals surface area contributed by atoms with Gasteiger partial charge in [-0.2, -0.15) is 0 Å². The number of esters is 1. The monoisotopic (exact) mass is 550 g/mol. The molecule has 0 radical (unpaired) electrons. The summed E-state index contributed by atoms with van der Waals surface area (Å²) in [5, 5.41) is 9.94. The van der Waals surface area contributed by atoms with Gasteiger partial charge in [0, 0.05) is 0 Å². The minimum Gasteiger partial charge on any atom is -0.504 e. The minimum absolute atomic E-state index is 0.0119. The fourth-order valence-electron chi connectivity index (χ4n) is 4.40. The van der Waals surface area contributed by atoms with Crippen LogP contribution in [0.15, 0.2) is 63.5 Å². The topological polar surface area (TPSA) is 99.4 Å². The highest BCUT2D eigenvalue weighted by molar-refractivity contribution is 7.07. The average molecular weight is 551 g/mol. The number of thiazole rings is 1. The maximum Gasteiger partial charge on any atom is 0.338 e. The lowest BCUT2D eigenvalue weighted by atomic mass is 9.96. The maximum atomic E-state index is 13.8. The third kappa shape index (κ3) is 6.25. The SMILES string of the molecule is CCCCCOc1ccc(C2C(C(=O)OC(C)C)=C(C)N=c3s/c(=C\c4ccc(O)c(OC)c4)c(=O)n32)cc1. The Balaban J connectivity index is 1.81. The van der Waals surface area contributed by atoms with Gasteiger partial charge in [-0.05, 0) is 68.7 Å². The molecule has 0 spiro atoms. The van der Waals surface area contributed by atoms with E-state index in [2.05, 4.69) is 11.9 Å². The summed E-state index contributed by atoms with van der Waals surface area (Å²) >= 11 is 1.24. The predicted octanol–water partition coefficient (Wildman–Crippen LogP) is 4.47. The summed E-state index contributed by atoms with van der Waals surface area (Å²) in [6, 6.07) is 11.6. The molecular weight excluding hydrogens is 516 g/mol. The van der Waals surface area contributed by atoms with Gasteiger partial charge in [0.25, 0.3) is 5.56 Å². The molecule has 4 rings (SSSR count). The quantitative estimate of drug-likeness (QED) is 0.295. The summed E-state index contributed by atoms with van der Waals surface area (Å²) < 4.78 is 18.6. The molecule has 1 unspecified atom stereocenters. The molecule has 206 valence electrons. The first-order valence-electron chi connectivity index (χ1n) is 13.1. The number of aromatic hydroxyl groups is 1. The molecule has 8 nitrogen and oxygen atoms in total. The van der Waals surface area contributed by atoms with E-state index in [9.17, 15) is 14.7 Å². The van der Waals surface area contributed by atoms with Crippen LogP contribution in [-0.4, -0.2) is 35.5 Å². The smallest absolute Gasteiger partial charge is 0.338 e. The number of phenolic OH excluding ortho intramolecular Hbond substituents is 1. The Hall–Kier alpha value is -3.85. The Morgan fingerprint density at radius 2 is 1.92 bits per heavy atom. The molecule has 39 heavy (non-hydrogen) atoms. The maximum absolute atomic E-state index is 13.8. The van der Waals surface area contributed by atoms with Crippen LogP contribution in [0.2, 0.25) is 0 Å². The zero-order valence-electron chi connectivity index (χ0n) is 22.9. The fraction of sp³-hybridized carbons (Fsp3) is 0.367. The molecule has 0 saturated heterocycles. The van der Waals surface area contributed by atoms with Crippen LogP contribution in [0.25, 0.3) is 6.08 Å². The highest BCUT2D eigenvalue weighted by Gasteiger charge is 2.33. The van der Waals surface area contributed by atoms with E-state index in [-0.39, 0.29) is 17.4 Å². The van der Waals surface area contributed by atoms with Crippen molar-refractivity contribution >= 4 is 23.4 Å². The van der Waals surface area contributed by atoms with Crippen molar-refractivity contribution in [1.82, 2.24) is 4.57 Å². The third-order valence-corrected chi connectivity index (χ3v) is 7.28. The van der Waals surface area contributed by atoms with Crippen molar-refractivity contribution in [3.8, 4) is 17.2 Å². The summed E-state index contributed by atoms with van der Waals surface area (Å²) in [7, 11) is 1.47. The lowest BCUT2D eigenvalue weighted by molar-refractivity contribution is -0.143. The van der Waals surface area contributed by atoms with Gasteiger partial charge in [0.15, 0.2) is 16.3 Å². The third-order valence-electron chi connectivity index (χ3n) is 6.30. The fourth-order valence-corrected chi connectivity index (χ4v) is 5.45. The van der Waals surface area contributed by atoms with Gasteiger partial charge in [-0.25, -0.2) is 9.79 Å². The van der Waals surface area contributed by atoms with Gasteiger partial charge in [-0.3, -0.25) is 9.36 Å². The van der Waals surface area contributed by atoms with Crippen molar-refractivity contribution in [3.05, 3.63) is 84.5 Å². The van der Waals surface area contributed by atoms with E-state index in [0.717, 1.165) is 30.6 Å². The number of carbonyl (C=O) groups excluding carboxylic acids is 1. The van der Waals surface area contributed by atoms with Gasteiger partial charge in [-0.1, -0.05) is 49.3 Å². The average Bonchev–Trinajstić information content (AvgIpc) is 3.20. The van der Waals surface area contributed by atoms with E-state index in [1.807, 2.05) is 24.3 Å². The number of aromatic nitrogens is 1. The molecule has 0 amide bonds. The standard InChI is InChI=1S/C30H34N2O6S/c1-6-7-8-15-37-22-12-10-21(11-13-22)27-26(29(35)38-18(2)3)19(4)31-30-32(27)28(34)25(39-30)17-20-9-14-23(33)24(16-20)36-5/h9-14,16-18,27,33H,6-8,15H2,1-5H3/b25-17-. The second-order valence-electron chi connectivity index (χ2n) is 9.59. The van der Waals surface area contributed by atoms with E-state index < -0.39 is 12.0 Å². The van der Waals surface area contributed by atoms with Crippen LogP contribution >= 0.6 is 11.3 Å². The molecular formula is C30H34N2O6S. The molecule has 9 heteroatoms. The lowest BCUT2D eigenvalue weighted by Crippen LogP contribution is -2.40. The zero-order valence-corrected chi connectivity index (χ0v) is 23.7. The Kier molecular flexibility index (Phi) is 8.91. The number of methoxy groups -OCH3 is 1. The summed E-state index contributed by atoms with van der Waals surface area (Å²) in [5.74, 6) is 0.544. The highest BCUT2D eigenvalue weighted by atomic mass is 32.1. The van der Waals surface area contributed by atoms with Crippen LogP contribution in [0, 0.1) is 0 Å². The molecule has 1 aliphatic heterocycles. The van der Waals surface area contributed by atoms with Gasteiger partial charge >= 0.3 is 5.97 Å². The number of hydrogen-bond donors (Lipinski definition) is 1. The van der Waals surface area contributed by atoms with Crippen LogP contribution in [0.3, 0.4) is 0 Å². The van der Waals surface area contributed by atoms with Crippen LogP contribution in [0.5, 0.6) is 17.2 Å². The van der Waals surface area contributed by atoms with Gasteiger partial charge in [0.2, 0.25) is 0 Å². The van der Waals surface area contributed by atoms with Gasteiger partial charge in [0.05, 0.1) is 41.7 Å². The summed E-state index contributed by atoms with van der Waals surface area (Å²) in [6.07, 6.45) is 4.60. The molecule has 0 fully saturated rings. The molecule has 2 aromatic carbocycles. The zero-order chi connectivity index (χ0) is 28.1. The molecule has 1 N–H and O–H groups in total. The number of fused-ring (bicyclic) bond motifs is 1. The van der Waals surface area contributed by atoms with E-state index in [1.165, 1.54) is 24.5 Å². The Morgan fingerprint density at radius 3 is 2.59 bits per heavy atom. The molecule has 1 aliphatic rings. The number of benzene rings is 2. The second-order valence-corrected chi connectivity index (χ2v) is 10.6. The summed E-state index contributed by atoms with van der Waals surface area (Å²) in [6.45, 7) is 8.12. The molecule has 0 aliphatic carbocycles. The van der Waals surface area contributed by atoms with E-state index >= 15 is 0 Å². The Morgan fingerprint density at radius 1 is 1.18 bits per heavy atom. The molecule has 0 saturated carbocycles. The second kappa shape index (κ2) is 12.3. The molecule has 1 atom stereocenters. The number of allylic oxidation sites excluding steroid dienone is 1. The van der Waals surface area contributed by atoms with E-state index in [0.29, 0.717) is 38.5 Å². The first-order valence-corrected chi connectivity index (χ1v) is 13.9. The van der Waals surface area contributed by atoms with E-state index in [1.54, 1.807) is 43.5 Å². The number of carbonyl (C=O) groups is 1. The number of unbranched alkanes of at least 4 members (excludes halogenated alkanes) is 2. The Labute approximate surface area is 231 Å². The minimum atomic E-state index is -0.710. The lowest BCUT2D eigenvalue weighted by Gasteiger charge is -2.25. The predicted molar refractivity (Wildman–Crippen MR) is 151 cm³/mol. The Bertz CT molecular complexity index is 1550. The van der Waals surface area contributed by atoms with Crippen LogP contribution in [0.1, 0.15) is 64.1 Å². The van der Waals surface area contributed by atoms with Crippen LogP contribution in [-0.2, 0) is 9.53 Å². The molecule has 0 bridgehead atoms. The number of nitrogens with zero attached hydrogens (tertiary/aromatic N) is 2. The van der Waals surface area contributed by atoms with Gasteiger partial charge < -0.3 is 19.3 Å². The number of rotatable bonds is 10. The van der Waals surface area contributed by atoms with Crippen molar-refractivity contribution in [2.75, 3.05) is 13.7 Å². The number of ether oxygens (including phenoxy) is 3. The van der Waals surface area contributed by atoms with Crippen molar-refractivity contribution in [1.29, 1.82) is 0 Å². The first-order chi connectivity index (χ1) is 18.7. The van der Waals surface area contributed by atoms with Crippen molar-refractivity contribution < 1.29 is 24.1 Å². The highest BCUT2D eigenvalue weighted by Crippen LogP contribution is 2.32. The van der Waals surface area contributed by atoms with Crippen molar-refractivity contribution in [2.45, 2.75) is 59.1 Å². The number of hydrogen-bond acceptors (Lipinski definition) is 8. The summed E-state index contributed by atoms with van der Waals surface area (Å²) in [4.78, 5) is 32.2. The van der Waals surface area contributed by atoms with E-state index in [4.69, 9.17) is 14.2 Å². The van der Waals surface area contributed by atoms with Gasteiger partial charge in [0.1, 0.15) is 5.75 Å². The largest absolute Gasteiger partial charge is 0.504 e. The normalized spacial score (nSPS) is 15.2. The molecule has 1 aromatic heterocycles. The molecule has 2 heterocycles. The first kappa shape index (κ1) is 28.2. The van der Waals surface area contributed by atoms with Crippen LogP contribution in [0.4, 0.5) is 0 Å². The molecule has 3 aromatic rings. The van der Waals surface area contributed by atoms with Gasteiger partial charge in [-0.15, -0.1) is 0 Å². The number of phenols is 1. The summed E-state index contributed by atoms with van der Waals surface area (Å²) in [5.41, 5.74) is 1.99. The van der Waals surface area contributed by atoms with Crippen LogP contribution < -0.4 is 24.4 Å². The van der Waals surface area contributed by atoms with Crippen molar-refractivity contribution in [3.63, 3.8) is 0 Å².